The molecule has 0 spiro atoms. The fraction of sp³-hybridized carbons (Fsp3) is 0.235. The van der Waals surface area contributed by atoms with E-state index in [0.717, 1.165) is 47.1 Å². The first-order valence-electron chi connectivity index (χ1n) is 7.98. The number of hydrogen-bond donors (Lipinski definition) is 2. The summed E-state index contributed by atoms with van der Waals surface area (Å²) in [5.41, 5.74) is 4.32. The molecule has 7 heteroatoms. The van der Waals surface area contributed by atoms with Gasteiger partial charge in [0.15, 0.2) is 0 Å². The van der Waals surface area contributed by atoms with Crippen molar-refractivity contribution in [2.45, 2.75) is 19.0 Å². The third-order valence-corrected chi connectivity index (χ3v) is 5.28. The van der Waals surface area contributed by atoms with Gasteiger partial charge < -0.3 is 9.97 Å². The van der Waals surface area contributed by atoms with Crippen molar-refractivity contribution in [3.63, 3.8) is 0 Å². The molecule has 0 amide bonds. The lowest BCUT2D eigenvalue weighted by Gasteiger charge is -2.33. The highest BCUT2D eigenvalue weighted by Crippen LogP contribution is 2.34. The van der Waals surface area contributed by atoms with Crippen molar-refractivity contribution >= 4 is 22.4 Å². The summed E-state index contributed by atoms with van der Waals surface area (Å²) in [7, 11) is 0. The van der Waals surface area contributed by atoms with Crippen molar-refractivity contribution in [1.82, 2.24) is 29.8 Å². The van der Waals surface area contributed by atoms with Crippen LogP contribution in [-0.4, -0.2) is 36.4 Å². The Morgan fingerprint density at radius 1 is 1.25 bits per heavy atom. The Morgan fingerprint density at radius 2 is 2.21 bits per heavy atom. The Hall–Kier alpha value is -2.51. The zero-order chi connectivity index (χ0) is 15.9. The van der Waals surface area contributed by atoms with E-state index >= 15 is 0 Å². The molecule has 0 fully saturated rings. The maximum Gasteiger partial charge on any atom is 0.130 e. The van der Waals surface area contributed by atoms with Crippen LogP contribution in [0.2, 0.25) is 0 Å². The van der Waals surface area contributed by atoms with Gasteiger partial charge in [0, 0.05) is 30.2 Å². The van der Waals surface area contributed by atoms with Gasteiger partial charge in [-0.05, 0) is 12.1 Å². The average Bonchev–Trinajstić information content (AvgIpc) is 3.34. The van der Waals surface area contributed by atoms with Crippen LogP contribution in [0.1, 0.15) is 28.3 Å². The van der Waals surface area contributed by atoms with Crippen LogP contribution < -0.4 is 0 Å². The van der Waals surface area contributed by atoms with E-state index in [1.807, 2.05) is 29.8 Å². The third-order valence-electron chi connectivity index (χ3n) is 4.51. The lowest BCUT2D eigenvalue weighted by Crippen LogP contribution is -2.36. The van der Waals surface area contributed by atoms with Gasteiger partial charge in [0.2, 0.25) is 0 Å². The van der Waals surface area contributed by atoms with Crippen LogP contribution in [-0.2, 0) is 13.0 Å². The fourth-order valence-corrected chi connectivity index (χ4v) is 4.05. The second kappa shape index (κ2) is 5.54. The monoisotopic (exact) mass is 336 g/mol. The molecule has 1 aromatic carbocycles. The average molecular weight is 336 g/mol. The molecule has 0 saturated heterocycles. The third kappa shape index (κ3) is 2.24. The normalized spacial score (nSPS) is 18.1. The summed E-state index contributed by atoms with van der Waals surface area (Å²) in [6.07, 6.45) is 4.62. The van der Waals surface area contributed by atoms with Crippen LogP contribution in [0.3, 0.4) is 0 Å². The van der Waals surface area contributed by atoms with Gasteiger partial charge in [-0.2, -0.15) is 0 Å². The lowest BCUT2D eigenvalue weighted by molar-refractivity contribution is 0.194. The maximum absolute atomic E-state index is 4.83. The lowest BCUT2D eigenvalue weighted by atomic mass is 10.0. The van der Waals surface area contributed by atoms with Crippen LogP contribution in [0.5, 0.6) is 0 Å². The smallest absolute Gasteiger partial charge is 0.130 e. The number of nitrogens with zero attached hydrogens (tertiary/aromatic N) is 4. The first kappa shape index (κ1) is 13.9. The fourth-order valence-electron chi connectivity index (χ4n) is 3.40. The number of nitrogens with one attached hydrogen (secondary N) is 2. The summed E-state index contributed by atoms with van der Waals surface area (Å²) in [6, 6.07) is 8.16. The van der Waals surface area contributed by atoms with E-state index < -0.39 is 0 Å². The van der Waals surface area contributed by atoms with Crippen LogP contribution in [0.25, 0.3) is 11.0 Å². The highest BCUT2D eigenvalue weighted by atomic mass is 32.1. The summed E-state index contributed by atoms with van der Waals surface area (Å²) in [4.78, 5) is 23.0. The zero-order valence-corrected chi connectivity index (χ0v) is 13.8. The van der Waals surface area contributed by atoms with Crippen molar-refractivity contribution in [2.24, 2.45) is 0 Å². The van der Waals surface area contributed by atoms with Crippen LogP contribution in [0.4, 0.5) is 0 Å². The van der Waals surface area contributed by atoms with Crippen molar-refractivity contribution in [3.05, 3.63) is 64.4 Å². The van der Waals surface area contributed by atoms with E-state index in [0.29, 0.717) is 0 Å². The Labute approximate surface area is 142 Å². The molecule has 4 aromatic rings. The molecule has 0 saturated carbocycles. The SMILES string of the molecule is c1ccc2[nH]c(C3c4nc[nH]c4CCN3Cc3nccs3)nc2c1. The van der Waals surface area contributed by atoms with E-state index in [9.17, 15) is 0 Å². The minimum absolute atomic E-state index is 0.0244. The predicted molar refractivity (Wildman–Crippen MR) is 92.8 cm³/mol. The summed E-state index contributed by atoms with van der Waals surface area (Å²) in [5, 5.41) is 3.14. The summed E-state index contributed by atoms with van der Waals surface area (Å²) in [5.74, 6) is 0.945. The molecule has 1 aliphatic rings. The number of para-hydroxylation sites is 2. The number of rotatable bonds is 3. The number of benzene rings is 1. The molecule has 3 aromatic heterocycles. The van der Waals surface area contributed by atoms with E-state index in [2.05, 4.69) is 30.9 Å². The number of imidazole rings is 2. The number of thiazole rings is 1. The first-order chi connectivity index (χ1) is 11.9. The summed E-state index contributed by atoms with van der Waals surface area (Å²) < 4.78 is 0. The van der Waals surface area contributed by atoms with E-state index in [4.69, 9.17) is 4.98 Å². The standard InChI is InChI=1S/C17H16N6S/c1-2-4-12-11(3-1)21-17(22-12)16-15-13(19-10-20-15)5-7-23(16)9-14-18-6-8-24-14/h1-4,6,8,10,16H,5,7,9H2,(H,19,20)(H,21,22). The van der Waals surface area contributed by atoms with Gasteiger partial charge in [0.05, 0.1) is 29.6 Å². The molecular weight excluding hydrogens is 320 g/mol. The van der Waals surface area contributed by atoms with Crippen LogP contribution in [0.15, 0.2) is 42.2 Å². The molecule has 24 heavy (non-hydrogen) atoms. The van der Waals surface area contributed by atoms with Crippen LogP contribution in [0, 0.1) is 0 Å². The number of fused-ring (bicyclic) bond motifs is 2. The Balaban J connectivity index is 1.60. The summed E-state index contributed by atoms with van der Waals surface area (Å²) >= 11 is 1.69. The van der Waals surface area contributed by atoms with Gasteiger partial charge in [0.1, 0.15) is 16.9 Å². The molecule has 1 atom stereocenters. The number of aromatic nitrogens is 5. The second-order valence-electron chi connectivity index (χ2n) is 5.95. The first-order valence-corrected chi connectivity index (χ1v) is 8.85. The van der Waals surface area contributed by atoms with Crippen LogP contribution >= 0.6 is 11.3 Å². The number of hydrogen-bond acceptors (Lipinski definition) is 5. The van der Waals surface area contributed by atoms with Gasteiger partial charge in [-0.3, -0.25) is 4.90 Å². The molecule has 1 aliphatic heterocycles. The van der Waals surface area contributed by atoms with E-state index in [1.165, 1.54) is 5.69 Å². The van der Waals surface area contributed by atoms with Crippen molar-refractivity contribution in [2.75, 3.05) is 6.54 Å². The van der Waals surface area contributed by atoms with Crippen molar-refractivity contribution in [3.8, 4) is 0 Å². The molecule has 5 rings (SSSR count). The largest absolute Gasteiger partial charge is 0.348 e. The number of H-pyrrole nitrogens is 2. The van der Waals surface area contributed by atoms with E-state index in [1.54, 1.807) is 17.7 Å². The minimum Gasteiger partial charge on any atom is -0.348 e. The minimum atomic E-state index is 0.0244. The Kier molecular flexibility index (Phi) is 3.20. The van der Waals surface area contributed by atoms with Crippen molar-refractivity contribution < 1.29 is 0 Å². The van der Waals surface area contributed by atoms with Gasteiger partial charge in [-0.25, -0.2) is 15.0 Å². The van der Waals surface area contributed by atoms with Crippen molar-refractivity contribution in [1.29, 1.82) is 0 Å². The molecule has 2 N–H and O–H groups in total. The van der Waals surface area contributed by atoms with Gasteiger partial charge >= 0.3 is 0 Å². The highest BCUT2D eigenvalue weighted by Gasteiger charge is 2.33. The molecule has 1 unspecified atom stereocenters. The van der Waals surface area contributed by atoms with E-state index in [-0.39, 0.29) is 6.04 Å². The van der Waals surface area contributed by atoms with Gasteiger partial charge in [-0.1, -0.05) is 12.1 Å². The molecule has 120 valence electrons. The maximum atomic E-state index is 4.83. The molecule has 0 bridgehead atoms. The molecule has 0 radical (unpaired) electrons. The Bertz CT molecular complexity index is 937. The quantitative estimate of drug-likeness (QED) is 0.603. The second-order valence-corrected chi connectivity index (χ2v) is 6.93. The van der Waals surface area contributed by atoms with Gasteiger partial charge in [0.25, 0.3) is 0 Å². The highest BCUT2D eigenvalue weighted by molar-refractivity contribution is 7.09. The molecule has 0 aliphatic carbocycles. The predicted octanol–water partition coefficient (Wildman–Crippen LogP) is 2.89. The molecule has 6 nitrogen and oxygen atoms in total. The molecule has 4 heterocycles. The van der Waals surface area contributed by atoms with Gasteiger partial charge in [-0.15, -0.1) is 11.3 Å². The topological polar surface area (TPSA) is 73.5 Å². The molecular formula is C17H16N6S. The summed E-state index contributed by atoms with van der Waals surface area (Å²) in [6.45, 7) is 1.77. The zero-order valence-electron chi connectivity index (χ0n) is 12.9. The Morgan fingerprint density at radius 3 is 3.08 bits per heavy atom. The number of aromatic amines is 2.